The van der Waals surface area contributed by atoms with Gasteiger partial charge in [0, 0.05) is 0 Å². The van der Waals surface area contributed by atoms with Gasteiger partial charge in [-0.05, 0) is 37.1 Å². The van der Waals surface area contributed by atoms with E-state index in [1.807, 2.05) is 60.7 Å². The summed E-state index contributed by atoms with van der Waals surface area (Å²) in [6.45, 7) is 1.77. The molecule has 0 aliphatic heterocycles. The first kappa shape index (κ1) is 19.3. The smallest absolute Gasteiger partial charge is 0.334 e. The summed E-state index contributed by atoms with van der Waals surface area (Å²) < 4.78 is 1.50. The molecule has 3 rings (SSSR count). The monoisotopic (exact) mass is 379 g/mol. The number of aliphatic carboxylic acids is 1. The van der Waals surface area contributed by atoms with Crippen molar-refractivity contribution >= 4 is 11.9 Å². The van der Waals surface area contributed by atoms with E-state index in [1.165, 1.54) is 4.68 Å². The van der Waals surface area contributed by atoms with Crippen molar-refractivity contribution in [1.82, 2.24) is 15.1 Å². The van der Waals surface area contributed by atoms with Crippen LogP contribution < -0.4 is 5.32 Å². The fourth-order valence-electron chi connectivity index (χ4n) is 2.95. The summed E-state index contributed by atoms with van der Waals surface area (Å²) >= 11 is 0. The number of aryl methyl sites for hydroxylation is 1. The van der Waals surface area contributed by atoms with Gasteiger partial charge in [-0.15, -0.1) is 0 Å². The molecule has 0 aliphatic carbocycles. The highest BCUT2D eigenvalue weighted by Gasteiger charge is 2.29. The average Bonchev–Trinajstić information content (AvgIpc) is 3.10. The van der Waals surface area contributed by atoms with Gasteiger partial charge in [-0.3, -0.25) is 4.79 Å². The van der Waals surface area contributed by atoms with Crippen LogP contribution in [0.1, 0.15) is 21.7 Å². The second-order valence-electron chi connectivity index (χ2n) is 6.47. The van der Waals surface area contributed by atoms with Crippen molar-refractivity contribution in [2.24, 2.45) is 0 Å². The number of carbonyl (C=O) groups is 2. The minimum atomic E-state index is -1.74. The zero-order valence-electron chi connectivity index (χ0n) is 15.3. The minimum absolute atomic E-state index is 0.179. The molecule has 7 nitrogen and oxygen atoms in total. The summed E-state index contributed by atoms with van der Waals surface area (Å²) in [5.41, 5.74) is 2.42. The van der Waals surface area contributed by atoms with Crippen LogP contribution in [0.5, 0.6) is 0 Å². The van der Waals surface area contributed by atoms with Crippen molar-refractivity contribution in [2.75, 3.05) is 0 Å². The third-order valence-corrected chi connectivity index (χ3v) is 4.31. The number of hydrogen-bond acceptors (Lipinski definition) is 4. The summed E-state index contributed by atoms with van der Waals surface area (Å²) in [5.74, 6) is -1.90. The van der Waals surface area contributed by atoms with E-state index in [1.54, 1.807) is 13.0 Å². The number of rotatable bonds is 7. The molecule has 3 aromatic rings. The van der Waals surface area contributed by atoms with Gasteiger partial charge in [0.2, 0.25) is 0 Å². The SMILES string of the molecule is Cc1cc(C(=O)N[C@@H](Cc2ccccc2)C(O)C(=O)O)n(-c2ccccc2)n1. The van der Waals surface area contributed by atoms with Crippen LogP contribution in [0, 0.1) is 6.92 Å². The summed E-state index contributed by atoms with van der Waals surface area (Å²) in [6.07, 6.45) is -1.56. The molecule has 0 spiro atoms. The van der Waals surface area contributed by atoms with Crippen molar-refractivity contribution in [2.45, 2.75) is 25.5 Å². The van der Waals surface area contributed by atoms with Crippen LogP contribution in [0.2, 0.25) is 0 Å². The second kappa shape index (κ2) is 8.49. The first-order valence-corrected chi connectivity index (χ1v) is 8.83. The maximum Gasteiger partial charge on any atom is 0.334 e. The Hall–Kier alpha value is -3.45. The van der Waals surface area contributed by atoms with Crippen molar-refractivity contribution in [3.63, 3.8) is 0 Å². The third kappa shape index (κ3) is 4.44. The molecule has 7 heteroatoms. The zero-order chi connectivity index (χ0) is 20.1. The van der Waals surface area contributed by atoms with Gasteiger partial charge >= 0.3 is 5.97 Å². The van der Waals surface area contributed by atoms with E-state index in [-0.39, 0.29) is 12.1 Å². The molecule has 1 aromatic heterocycles. The van der Waals surface area contributed by atoms with Crippen LogP contribution in [0.25, 0.3) is 5.69 Å². The lowest BCUT2D eigenvalue weighted by Gasteiger charge is -2.22. The van der Waals surface area contributed by atoms with E-state index >= 15 is 0 Å². The fourth-order valence-corrected chi connectivity index (χ4v) is 2.95. The van der Waals surface area contributed by atoms with E-state index in [0.29, 0.717) is 11.4 Å². The van der Waals surface area contributed by atoms with Crippen molar-refractivity contribution in [3.8, 4) is 5.69 Å². The van der Waals surface area contributed by atoms with Crippen LogP contribution in [-0.2, 0) is 11.2 Å². The van der Waals surface area contributed by atoms with Crippen molar-refractivity contribution in [3.05, 3.63) is 83.7 Å². The molecule has 0 saturated heterocycles. The molecule has 2 aromatic carbocycles. The van der Waals surface area contributed by atoms with E-state index in [0.717, 1.165) is 5.56 Å². The Bertz CT molecular complexity index is 954. The van der Waals surface area contributed by atoms with Gasteiger partial charge in [0.25, 0.3) is 5.91 Å². The molecule has 2 atom stereocenters. The lowest BCUT2D eigenvalue weighted by Crippen LogP contribution is -2.48. The maximum atomic E-state index is 12.9. The van der Waals surface area contributed by atoms with Crippen LogP contribution in [0.3, 0.4) is 0 Å². The van der Waals surface area contributed by atoms with Gasteiger partial charge in [0.15, 0.2) is 6.10 Å². The number of nitrogens with zero attached hydrogens (tertiary/aromatic N) is 2. The predicted molar refractivity (Wildman–Crippen MR) is 103 cm³/mol. The van der Waals surface area contributed by atoms with Crippen LogP contribution in [0.15, 0.2) is 66.7 Å². The van der Waals surface area contributed by atoms with E-state index in [4.69, 9.17) is 0 Å². The molecule has 1 heterocycles. The summed E-state index contributed by atoms with van der Waals surface area (Å²) in [5, 5.41) is 26.3. The first-order valence-electron chi connectivity index (χ1n) is 8.83. The molecule has 1 amide bonds. The molecule has 0 fully saturated rings. The summed E-state index contributed by atoms with van der Waals surface area (Å²) in [6, 6.07) is 18.9. The molecule has 0 bridgehead atoms. The number of aromatic nitrogens is 2. The Morgan fingerprint density at radius 2 is 1.68 bits per heavy atom. The Labute approximate surface area is 162 Å². The number of nitrogens with one attached hydrogen (secondary N) is 1. The highest BCUT2D eigenvalue weighted by Crippen LogP contribution is 2.14. The Balaban J connectivity index is 1.87. The quantitative estimate of drug-likeness (QED) is 0.582. The molecular formula is C21H21N3O4. The predicted octanol–water partition coefficient (Wildman–Crippen LogP) is 1.97. The van der Waals surface area contributed by atoms with Gasteiger partial charge in [-0.2, -0.15) is 5.10 Å². The van der Waals surface area contributed by atoms with Crippen molar-refractivity contribution < 1.29 is 19.8 Å². The number of carbonyl (C=O) groups excluding carboxylic acids is 1. The maximum absolute atomic E-state index is 12.9. The highest BCUT2D eigenvalue weighted by molar-refractivity contribution is 5.94. The van der Waals surface area contributed by atoms with Crippen molar-refractivity contribution in [1.29, 1.82) is 0 Å². The third-order valence-electron chi connectivity index (χ3n) is 4.31. The highest BCUT2D eigenvalue weighted by atomic mass is 16.4. The number of amides is 1. The van der Waals surface area contributed by atoms with Gasteiger partial charge in [-0.25, -0.2) is 9.48 Å². The lowest BCUT2D eigenvalue weighted by atomic mass is 10.0. The van der Waals surface area contributed by atoms with Crippen LogP contribution in [-0.4, -0.2) is 44.0 Å². The molecule has 0 saturated carbocycles. The van der Waals surface area contributed by atoms with Gasteiger partial charge < -0.3 is 15.5 Å². The Kier molecular flexibility index (Phi) is 5.86. The Morgan fingerprint density at radius 3 is 2.29 bits per heavy atom. The second-order valence-corrected chi connectivity index (χ2v) is 6.47. The topological polar surface area (TPSA) is 104 Å². The average molecular weight is 379 g/mol. The number of carboxylic acid groups (broad SMARTS) is 1. The van der Waals surface area contributed by atoms with Crippen LogP contribution in [0.4, 0.5) is 0 Å². The Morgan fingerprint density at radius 1 is 1.07 bits per heavy atom. The molecular weight excluding hydrogens is 358 g/mol. The largest absolute Gasteiger partial charge is 0.479 e. The van der Waals surface area contributed by atoms with E-state index in [2.05, 4.69) is 10.4 Å². The number of para-hydroxylation sites is 1. The number of aliphatic hydroxyl groups excluding tert-OH is 1. The van der Waals surface area contributed by atoms with E-state index < -0.39 is 24.0 Å². The molecule has 0 radical (unpaired) electrons. The number of aliphatic hydroxyl groups is 1. The molecule has 1 unspecified atom stereocenters. The number of hydrogen-bond donors (Lipinski definition) is 3. The van der Waals surface area contributed by atoms with E-state index in [9.17, 15) is 19.8 Å². The number of benzene rings is 2. The molecule has 144 valence electrons. The fraction of sp³-hybridized carbons (Fsp3) is 0.190. The van der Waals surface area contributed by atoms with Gasteiger partial charge in [0.1, 0.15) is 5.69 Å². The zero-order valence-corrected chi connectivity index (χ0v) is 15.3. The summed E-state index contributed by atoms with van der Waals surface area (Å²) in [4.78, 5) is 24.2. The molecule has 3 N–H and O–H groups in total. The lowest BCUT2D eigenvalue weighted by molar-refractivity contribution is -0.148. The molecule has 0 aliphatic rings. The summed E-state index contributed by atoms with van der Waals surface area (Å²) in [7, 11) is 0. The molecule has 28 heavy (non-hydrogen) atoms. The number of carboxylic acids is 1. The van der Waals surface area contributed by atoms with Gasteiger partial charge in [0.05, 0.1) is 17.4 Å². The normalized spacial score (nSPS) is 12.9. The first-order chi connectivity index (χ1) is 13.5. The van der Waals surface area contributed by atoms with Crippen LogP contribution >= 0.6 is 0 Å². The standard InChI is InChI=1S/C21H21N3O4/c1-14-12-18(24(23-14)16-10-6-3-7-11-16)20(26)22-17(19(25)21(27)28)13-15-8-4-2-5-9-15/h2-12,17,19,25H,13H2,1H3,(H,22,26)(H,27,28)/t17-,19?/m0/s1. The minimum Gasteiger partial charge on any atom is -0.479 e. The van der Waals surface area contributed by atoms with Gasteiger partial charge in [-0.1, -0.05) is 48.5 Å².